The lowest BCUT2D eigenvalue weighted by molar-refractivity contribution is 0.0790. The fourth-order valence-corrected chi connectivity index (χ4v) is 4.38. The van der Waals surface area contributed by atoms with Gasteiger partial charge in [-0.15, -0.1) is 12.4 Å². The first-order chi connectivity index (χ1) is 12.8. The van der Waals surface area contributed by atoms with Crippen molar-refractivity contribution in [3.05, 3.63) is 53.6 Å². The Labute approximate surface area is 171 Å². The van der Waals surface area contributed by atoms with Crippen LogP contribution in [-0.2, 0) is 10.0 Å². The zero-order chi connectivity index (χ0) is 19.6. The van der Waals surface area contributed by atoms with E-state index >= 15 is 0 Å². The molecule has 1 saturated heterocycles. The van der Waals surface area contributed by atoms with E-state index in [1.54, 1.807) is 48.2 Å². The topological polar surface area (TPSA) is 102 Å². The van der Waals surface area contributed by atoms with Gasteiger partial charge in [-0.2, -0.15) is 0 Å². The highest BCUT2D eigenvalue weighted by Crippen LogP contribution is 2.23. The third-order valence-corrected chi connectivity index (χ3v) is 6.10. The number of likely N-dealkylation sites (tertiary alicyclic amines) is 1. The van der Waals surface area contributed by atoms with Crippen LogP contribution in [-0.4, -0.2) is 45.5 Å². The third kappa shape index (κ3) is 4.76. The largest absolute Gasteiger partial charge is 0.497 e. The van der Waals surface area contributed by atoms with E-state index in [2.05, 4.69) is 4.72 Å². The fraction of sp³-hybridized carbons (Fsp3) is 0.316. The first kappa shape index (κ1) is 22.0. The Kier molecular flexibility index (Phi) is 6.92. The molecular weight excluding hydrogens is 402 g/mol. The standard InChI is InChI=1S/C19H23N3O4S.ClH/c1-13-3-4-14(19(23)22-10-9-15(20)12-22)11-18(13)27(24,25)21-16-5-7-17(26-2)8-6-16;/h3-8,11,15,21H,9-10,12,20H2,1-2H3;1H/t15-;/m1./s1. The molecule has 2 aromatic rings. The normalized spacial score (nSPS) is 16.4. The maximum Gasteiger partial charge on any atom is 0.262 e. The molecule has 1 aliphatic rings. The number of sulfonamides is 1. The minimum Gasteiger partial charge on any atom is -0.497 e. The number of carbonyl (C=O) groups is 1. The highest BCUT2D eigenvalue weighted by molar-refractivity contribution is 7.92. The Hall–Kier alpha value is -2.29. The summed E-state index contributed by atoms with van der Waals surface area (Å²) in [5, 5.41) is 0. The van der Waals surface area contributed by atoms with Gasteiger partial charge in [0.25, 0.3) is 15.9 Å². The summed E-state index contributed by atoms with van der Waals surface area (Å²) < 4.78 is 33.3. The van der Waals surface area contributed by atoms with Gasteiger partial charge >= 0.3 is 0 Å². The number of nitrogens with one attached hydrogen (secondary N) is 1. The number of hydrogen-bond acceptors (Lipinski definition) is 5. The van der Waals surface area contributed by atoms with Crippen LogP contribution in [0.3, 0.4) is 0 Å². The first-order valence-corrected chi connectivity index (χ1v) is 10.1. The monoisotopic (exact) mass is 425 g/mol. The van der Waals surface area contributed by atoms with Gasteiger partial charge in [-0.25, -0.2) is 8.42 Å². The lowest BCUT2D eigenvalue weighted by atomic mass is 10.1. The second kappa shape index (κ2) is 8.81. The lowest BCUT2D eigenvalue weighted by Gasteiger charge is -2.17. The number of aryl methyl sites for hydroxylation is 1. The molecule has 0 unspecified atom stereocenters. The van der Waals surface area contributed by atoms with Crippen LogP contribution in [0, 0.1) is 6.92 Å². The van der Waals surface area contributed by atoms with Gasteiger partial charge in [0.05, 0.1) is 12.0 Å². The summed E-state index contributed by atoms with van der Waals surface area (Å²) in [6, 6.07) is 11.3. The van der Waals surface area contributed by atoms with E-state index in [0.717, 1.165) is 6.42 Å². The molecule has 3 rings (SSSR count). The van der Waals surface area contributed by atoms with E-state index in [-0.39, 0.29) is 29.3 Å². The number of benzene rings is 2. The van der Waals surface area contributed by atoms with Crippen molar-refractivity contribution in [2.24, 2.45) is 5.73 Å². The van der Waals surface area contributed by atoms with Crippen LogP contribution in [0.4, 0.5) is 5.69 Å². The van der Waals surface area contributed by atoms with E-state index in [9.17, 15) is 13.2 Å². The zero-order valence-electron chi connectivity index (χ0n) is 15.7. The van der Waals surface area contributed by atoms with Gasteiger partial charge in [-0.1, -0.05) is 6.07 Å². The minimum absolute atomic E-state index is 0. The van der Waals surface area contributed by atoms with Crippen LogP contribution in [0.5, 0.6) is 5.75 Å². The molecule has 28 heavy (non-hydrogen) atoms. The molecule has 0 aromatic heterocycles. The Bertz CT molecular complexity index is 948. The second-order valence-corrected chi connectivity index (χ2v) is 8.27. The van der Waals surface area contributed by atoms with Crippen molar-refractivity contribution in [1.29, 1.82) is 0 Å². The first-order valence-electron chi connectivity index (χ1n) is 8.62. The maximum absolute atomic E-state index is 12.8. The molecule has 7 nitrogen and oxygen atoms in total. The summed E-state index contributed by atoms with van der Waals surface area (Å²) in [6.07, 6.45) is 0.752. The minimum atomic E-state index is -3.84. The maximum atomic E-state index is 12.8. The molecule has 0 saturated carbocycles. The SMILES string of the molecule is COc1ccc(NS(=O)(=O)c2cc(C(=O)N3CC[C@@H](N)C3)ccc2C)cc1.Cl. The third-order valence-electron chi connectivity index (χ3n) is 4.58. The smallest absolute Gasteiger partial charge is 0.262 e. The fourth-order valence-electron chi connectivity index (χ4n) is 3.05. The number of rotatable bonds is 5. The zero-order valence-corrected chi connectivity index (χ0v) is 17.3. The van der Waals surface area contributed by atoms with Gasteiger partial charge in [0.2, 0.25) is 0 Å². The molecule has 1 heterocycles. The average Bonchev–Trinajstić information content (AvgIpc) is 3.08. The molecule has 1 amide bonds. The van der Waals surface area contributed by atoms with Gasteiger partial charge in [0.1, 0.15) is 5.75 Å². The van der Waals surface area contributed by atoms with Gasteiger partial charge in [0.15, 0.2) is 0 Å². The number of hydrogen-bond donors (Lipinski definition) is 2. The van der Waals surface area contributed by atoms with Gasteiger partial charge in [0, 0.05) is 30.4 Å². The van der Waals surface area contributed by atoms with E-state index in [0.29, 0.717) is 35.7 Å². The van der Waals surface area contributed by atoms with E-state index in [1.165, 1.54) is 13.2 Å². The molecule has 0 bridgehead atoms. The molecule has 1 fully saturated rings. The van der Waals surface area contributed by atoms with Gasteiger partial charge < -0.3 is 15.4 Å². The van der Waals surface area contributed by atoms with Gasteiger partial charge in [-0.3, -0.25) is 9.52 Å². The summed E-state index contributed by atoms with van der Waals surface area (Å²) in [6.45, 7) is 2.77. The van der Waals surface area contributed by atoms with Crippen LogP contribution in [0.15, 0.2) is 47.4 Å². The molecule has 0 aliphatic carbocycles. The van der Waals surface area contributed by atoms with Crippen LogP contribution >= 0.6 is 12.4 Å². The molecule has 1 atom stereocenters. The molecule has 2 aromatic carbocycles. The van der Waals surface area contributed by atoms with Crippen LogP contribution in [0.2, 0.25) is 0 Å². The second-order valence-electron chi connectivity index (χ2n) is 6.61. The van der Waals surface area contributed by atoms with Crippen molar-refractivity contribution in [2.45, 2.75) is 24.3 Å². The number of anilines is 1. The Morgan fingerprint density at radius 2 is 1.89 bits per heavy atom. The quantitative estimate of drug-likeness (QED) is 0.765. The van der Waals surface area contributed by atoms with Crippen molar-refractivity contribution in [2.75, 3.05) is 24.9 Å². The number of halogens is 1. The van der Waals surface area contributed by atoms with Crippen molar-refractivity contribution < 1.29 is 17.9 Å². The lowest BCUT2D eigenvalue weighted by Crippen LogP contribution is -2.32. The molecule has 9 heteroatoms. The summed E-state index contributed by atoms with van der Waals surface area (Å²) in [5.74, 6) is 0.425. The van der Waals surface area contributed by atoms with Crippen molar-refractivity contribution in [3.63, 3.8) is 0 Å². The van der Waals surface area contributed by atoms with Crippen LogP contribution in [0.1, 0.15) is 22.3 Å². The Morgan fingerprint density at radius 3 is 2.46 bits per heavy atom. The van der Waals surface area contributed by atoms with Gasteiger partial charge in [-0.05, 0) is 55.3 Å². The highest BCUT2D eigenvalue weighted by Gasteiger charge is 2.26. The molecule has 1 aliphatic heterocycles. The highest BCUT2D eigenvalue weighted by atomic mass is 35.5. The van der Waals surface area contributed by atoms with Crippen molar-refractivity contribution >= 4 is 34.0 Å². The van der Waals surface area contributed by atoms with E-state index < -0.39 is 10.0 Å². The van der Waals surface area contributed by atoms with E-state index in [1.807, 2.05) is 0 Å². The number of nitrogens with zero attached hydrogens (tertiary/aromatic N) is 1. The number of nitrogens with two attached hydrogens (primary N) is 1. The number of ether oxygens (including phenoxy) is 1. The Morgan fingerprint density at radius 1 is 1.21 bits per heavy atom. The summed E-state index contributed by atoms with van der Waals surface area (Å²) in [5.41, 5.74) is 7.18. The van der Waals surface area contributed by atoms with Crippen LogP contribution in [0.25, 0.3) is 0 Å². The Balaban J connectivity index is 0.00000280. The predicted molar refractivity (Wildman–Crippen MR) is 111 cm³/mol. The molecule has 0 spiro atoms. The molecular formula is C19H24ClN3O4S. The average molecular weight is 426 g/mol. The number of carbonyl (C=O) groups excluding carboxylic acids is 1. The molecule has 0 radical (unpaired) electrons. The summed E-state index contributed by atoms with van der Waals surface area (Å²) in [7, 11) is -2.30. The van der Waals surface area contributed by atoms with Crippen LogP contribution < -0.4 is 15.2 Å². The van der Waals surface area contributed by atoms with Crippen molar-refractivity contribution in [3.8, 4) is 5.75 Å². The molecule has 152 valence electrons. The number of amides is 1. The summed E-state index contributed by atoms with van der Waals surface area (Å²) >= 11 is 0. The number of methoxy groups -OCH3 is 1. The van der Waals surface area contributed by atoms with Crippen molar-refractivity contribution in [1.82, 2.24) is 4.90 Å². The predicted octanol–water partition coefficient (Wildman–Crippen LogP) is 2.40. The summed E-state index contributed by atoms with van der Waals surface area (Å²) in [4.78, 5) is 14.4. The molecule has 3 N–H and O–H groups in total. The van der Waals surface area contributed by atoms with E-state index in [4.69, 9.17) is 10.5 Å².